The van der Waals surface area contributed by atoms with Crippen LogP contribution in [0.2, 0.25) is 0 Å². The van der Waals surface area contributed by atoms with Crippen LogP contribution in [0.1, 0.15) is 23.6 Å². The Bertz CT molecular complexity index is 916. The summed E-state index contributed by atoms with van der Waals surface area (Å²) in [6.07, 6.45) is 3.97. The van der Waals surface area contributed by atoms with Crippen molar-refractivity contribution in [3.8, 4) is 0 Å². The van der Waals surface area contributed by atoms with Gasteiger partial charge in [0.25, 0.3) is 5.56 Å². The molecule has 0 unspecified atom stereocenters. The Balaban J connectivity index is 1.64. The SMILES string of the molecule is CN(Cn1ncc2ccccc2c1=O)[C@@H]1CCc2ccccc21. The second kappa shape index (κ2) is 5.63. The predicted molar refractivity (Wildman–Crippen MR) is 91.3 cm³/mol. The molecule has 0 spiro atoms. The van der Waals surface area contributed by atoms with Crippen molar-refractivity contribution in [2.45, 2.75) is 25.6 Å². The van der Waals surface area contributed by atoms with E-state index < -0.39 is 0 Å². The standard InChI is InChI=1S/C19H19N3O/c1-21(18-11-10-14-6-2-4-8-16(14)18)13-22-19(23)17-9-5-3-7-15(17)12-20-22/h2-9,12,18H,10-11,13H2,1H3/t18-/m1/s1. The Morgan fingerprint density at radius 3 is 2.87 bits per heavy atom. The molecular weight excluding hydrogens is 286 g/mol. The van der Waals surface area contributed by atoms with Crippen molar-refractivity contribution in [1.29, 1.82) is 0 Å². The second-order valence-corrected chi connectivity index (χ2v) is 6.19. The highest BCUT2D eigenvalue weighted by atomic mass is 16.1. The molecule has 4 nitrogen and oxygen atoms in total. The number of hydrogen-bond acceptors (Lipinski definition) is 3. The zero-order valence-corrected chi connectivity index (χ0v) is 13.1. The van der Waals surface area contributed by atoms with Crippen LogP contribution in [0.5, 0.6) is 0 Å². The summed E-state index contributed by atoms with van der Waals surface area (Å²) in [5.41, 5.74) is 2.77. The van der Waals surface area contributed by atoms with Crippen LogP contribution >= 0.6 is 0 Å². The summed E-state index contributed by atoms with van der Waals surface area (Å²) in [6, 6.07) is 16.5. The third-order valence-electron chi connectivity index (χ3n) is 4.75. The van der Waals surface area contributed by atoms with Crippen molar-refractivity contribution in [3.05, 3.63) is 76.2 Å². The average molecular weight is 305 g/mol. The molecule has 0 bridgehead atoms. The molecule has 0 radical (unpaired) electrons. The van der Waals surface area contributed by atoms with Gasteiger partial charge in [-0.15, -0.1) is 0 Å². The summed E-state index contributed by atoms with van der Waals surface area (Å²) in [5.74, 6) is 0. The lowest BCUT2D eigenvalue weighted by molar-refractivity contribution is 0.180. The van der Waals surface area contributed by atoms with E-state index in [1.165, 1.54) is 11.1 Å². The fraction of sp³-hybridized carbons (Fsp3) is 0.263. The molecule has 2 aromatic carbocycles. The molecule has 1 aliphatic rings. The van der Waals surface area contributed by atoms with Crippen LogP contribution in [0.4, 0.5) is 0 Å². The summed E-state index contributed by atoms with van der Waals surface area (Å²) in [5, 5.41) is 5.95. The Labute approximate surface area is 135 Å². The summed E-state index contributed by atoms with van der Waals surface area (Å²) in [4.78, 5) is 14.8. The molecule has 0 amide bonds. The van der Waals surface area contributed by atoms with Crippen LogP contribution in [0, 0.1) is 0 Å². The van der Waals surface area contributed by atoms with Gasteiger partial charge >= 0.3 is 0 Å². The minimum absolute atomic E-state index is 0.0266. The lowest BCUT2D eigenvalue weighted by Gasteiger charge is -2.25. The van der Waals surface area contributed by atoms with E-state index in [-0.39, 0.29) is 5.56 Å². The number of fused-ring (bicyclic) bond motifs is 2. The molecule has 0 fully saturated rings. The molecule has 1 atom stereocenters. The molecule has 1 heterocycles. The minimum atomic E-state index is -0.0266. The van der Waals surface area contributed by atoms with Crippen LogP contribution in [0.3, 0.4) is 0 Å². The normalized spacial score (nSPS) is 16.9. The third kappa shape index (κ3) is 2.45. The topological polar surface area (TPSA) is 38.1 Å². The van der Waals surface area contributed by atoms with Gasteiger partial charge in [-0.1, -0.05) is 42.5 Å². The van der Waals surface area contributed by atoms with Gasteiger partial charge in [-0.2, -0.15) is 5.10 Å². The molecule has 1 aliphatic carbocycles. The molecule has 0 aliphatic heterocycles. The van der Waals surface area contributed by atoms with E-state index in [0.29, 0.717) is 12.7 Å². The second-order valence-electron chi connectivity index (χ2n) is 6.19. The van der Waals surface area contributed by atoms with Crippen LogP contribution in [-0.4, -0.2) is 21.7 Å². The average Bonchev–Trinajstić information content (AvgIpc) is 3.02. The van der Waals surface area contributed by atoms with Crippen molar-refractivity contribution < 1.29 is 0 Å². The quantitative estimate of drug-likeness (QED) is 0.746. The van der Waals surface area contributed by atoms with Gasteiger partial charge in [0.2, 0.25) is 0 Å². The van der Waals surface area contributed by atoms with Crippen LogP contribution in [0.25, 0.3) is 10.8 Å². The maximum Gasteiger partial charge on any atom is 0.275 e. The molecule has 23 heavy (non-hydrogen) atoms. The van der Waals surface area contributed by atoms with Gasteiger partial charge in [-0.05, 0) is 37.1 Å². The van der Waals surface area contributed by atoms with Crippen molar-refractivity contribution in [3.63, 3.8) is 0 Å². The molecule has 4 heteroatoms. The number of nitrogens with zero attached hydrogens (tertiary/aromatic N) is 3. The summed E-state index contributed by atoms with van der Waals surface area (Å²) >= 11 is 0. The highest BCUT2D eigenvalue weighted by Crippen LogP contribution is 2.34. The number of aromatic nitrogens is 2. The number of rotatable bonds is 3. The van der Waals surface area contributed by atoms with Crippen LogP contribution < -0.4 is 5.56 Å². The van der Waals surface area contributed by atoms with E-state index in [1.54, 1.807) is 10.9 Å². The first-order valence-electron chi connectivity index (χ1n) is 7.97. The largest absolute Gasteiger partial charge is 0.280 e. The molecule has 116 valence electrons. The molecule has 0 saturated carbocycles. The Kier molecular flexibility index (Phi) is 3.46. The van der Waals surface area contributed by atoms with E-state index in [4.69, 9.17) is 0 Å². The summed E-state index contributed by atoms with van der Waals surface area (Å²) in [7, 11) is 2.07. The molecule has 4 rings (SSSR count). The monoisotopic (exact) mass is 305 g/mol. The number of benzene rings is 2. The third-order valence-corrected chi connectivity index (χ3v) is 4.75. The number of hydrogen-bond donors (Lipinski definition) is 0. The fourth-order valence-electron chi connectivity index (χ4n) is 3.53. The molecule has 0 N–H and O–H groups in total. The smallest absolute Gasteiger partial charge is 0.275 e. The van der Waals surface area contributed by atoms with E-state index >= 15 is 0 Å². The maximum absolute atomic E-state index is 12.6. The van der Waals surface area contributed by atoms with Gasteiger partial charge in [0.05, 0.1) is 18.3 Å². The number of aryl methyl sites for hydroxylation is 1. The van der Waals surface area contributed by atoms with Crippen molar-refractivity contribution in [2.75, 3.05) is 7.05 Å². The summed E-state index contributed by atoms with van der Waals surface area (Å²) in [6.45, 7) is 0.503. The molecule has 1 aromatic heterocycles. The van der Waals surface area contributed by atoms with E-state index in [2.05, 4.69) is 41.3 Å². The van der Waals surface area contributed by atoms with Gasteiger partial charge in [0.1, 0.15) is 0 Å². The fourth-order valence-corrected chi connectivity index (χ4v) is 3.53. The van der Waals surface area contributed by atoms with E-state index in [1.807, 2.05) is 24.3 Å². The van der Waals surface area contributed by atoms with E-state index in [9.17, 15) is 4.79 Å². The van der Waals surface area contributed by atoms with Crippen molar-refractivity contribution in [1.82, 2.24) is 14.7 Å². The zero-order valence-electron chi connectivity index (χ0n) is 13.1. The van der Waals surface area contributed by atoms with Gasteiger partial charge < -0.3 is 0 Å². The van der Waals surface area contributed by atoms with Gasteiger partial charge in [-0.25, -0.2) is 4.68 Å². The Morgan fingerprint density at radius 2 is 1.96 bits per heavy atom. The molecule has 3 aromatic rings. The Hall–Kier alpha value is -2.46. The van der Waals surface area contributed by atoms with Gasteiger partial charge in [0, 0.05) is 11.4 Å². The van der Waals surface area contributed by atoms with Gasteiger partial charge in [0.15, 0.2) is 0 Å². The zero-order chi connectivity index (χ0) is 15.8. The highest BCUT2D eigenvalue weighted by molar-refractivity contribution is 5.80. The molecule has 0 saturated heterocycles. The first-order chi connectivity index (χ1) is 11.2. The van der Waals surface area contributed by atoms with Crippen LogP contribution in [0.15, 0.2) is 59.5 Å². The van der Waals surface area contributed by atoms with Crippen molar-refractivity contribution in [2.24, 2.45) is 0 Å². The Morgan fingerprint density at radius 1 is 1.17 bits per heavy atom. The lowest BCUT2D eigenvalue weighted by Crippen LogP contribution is -2.33. The summed E-state index contributed by atoms with van der Waals surface area (Å²) < 4.78 is 1.56. The molecular formula is C19H19N3O. The first kappa shape index (κ1) is 14.2. The maximum atomic E-state index is 12.6. The van der Waals surface area contributed by atoms with Crippen molar-refractivity contribution >= 4 is 10.8 Å². The lowest BCUT2D eigenvalue weighted by atomic mass is 10.1. The minimum Gasteiger partial charge on any atom is -0.280 e. The van der Waals surface area contributed by atoms with Gasteiger partial charge in [-0.3, -0.25) is 9.69 Å². The first-order valence-corrected chi connectivity index (χ1v) is 7.97. The van der Waals surface area contributed by atoms with E-state index in [0.717, 1.165) is 23.6 Å². The highest BCUT2D eigenvalue weighted by Gasteiger charge is 2.25. The predicted octanol–water partition coefficient (Wildman–Crippen LogP) is 2.97. The van der Waals surface area contributed by atoms with Crippen LogP contribution in [-0.2, 0) is 13.1 Å².